The molecule has 1 fully saturated rings. The van der Waals surface area contributed by atoms with Crippen molar-refractivity contribution in [1.29, 1.82) is 5.26 Å². The predicted molar refractivity (Wildman–Crippen MR) is 112 cm³/mol. The van der Waals surface area contributed by atoms with Crippen molar-refractivity contribution in [1.82, 2.24) is 0 Å². The third-order valence-electron chi connectivity index (χ3n) is 5.67. The summed E-state index contributed by atoms with van der Waals surface area (Å²) in [5.41, 5.74) is 0.616. The standard InChI is InChI=1S/C23H20ClN3O2/c24-19-10-4-5-11-20(19)27-21(28)17-9-3-2-8-16(17)18(22(27)29)14-26-23(15-25)12-6-1-7-13-23/h2-5,8-11,14,18H,1,6-7,12-13H2/t18-/m1/s1. The first kappa shape index (κ1) is 19.4. The molecule has 0 unspecified atom stereocenters. The molecule has 4 rings (SSSR count). The van der Waals surface area contributed by atoms with Gasteiger partial charge in [-0.05, 0) is 49.4 Å². The quantitative estimate of drug-likeness (QED) is 0.538. The van der Waals surface area contributed by atoms with Crippen molar-refractivity contribution in [2.75, 3.05) is 4.90 Å². The van der Waals surface area contributed by atoms with Crippen LogP contribution >= 0.6 is 11.6 Å². The Bertz CT molecular complexity index is 1030. The molecular formula is C23H20ClN3O2. The number of carbonyl (C=O) groups is 2. The molecule has 1 saturated carbocycles. The minimum Gasteiger partial charge on any atom is -0.275 e. The summed E-state index contributed by atoms with van der Waals surface area (Å²) in [6, 6.07) is 16.2. The summed E-state index contributed by atoms with van der Waals surface area (Å²) in [5, 5.41) is 10.0. The van der Waals surface area contributed by atoms with Crippen molar-refractivity contribution >= 4 is 35.3 Å². The number of hydrogen-bond acceptors (Lipinski definition) is 4. The molecule has 1 heterocycles. The second kappa shape index (κ2) is 7.81. The van der Waals surface area contributed by atoms with Crippen molar-refractivity contribution in [2.24, 2.45) is 4.99 Å². The highest BCUT2D eigenvalue weighted by molar-refractivity contribution is 6.37. The minimum atomic E-state index is -0.788. The van der Waals surface area contributed by atoms with E-state index in [9.17, 15) is 14.9 Å². The Morgan fingerprint density at radius 2 is 1.76 bits per heavy atom. The predicted octanol–water partition coefficient (Wildman–Crippen LogP) is 4.91. The number of fused-ring (bicyclic) bond motifs is 1. The highest BCUT2D eigenvalue weighted by Gasteiger charge is 2.40. The fourth-order valence-electron chi connectivity index (χ4n) is 4.08. The van der Waals surface area contributed by atoms with Gasteiger partial charge in [-0.2, -0.15) is 5.26 Å². The van der Waals surface area contributed by atoms with Crippen molar-refractivity contribution in [3.63, 3.8) is 0 Å². The summed E-state index contributed by atoms with van der Waals surface area (Å²) in [7, 11) is 0. The summed E-state index contributed by atoms with van der Waals surface area (Å²) >= 11 is 6.28. The molecule has 2 aromatic carbocycles. The van der Waals surface area contributed by atoms with Gasteiger partial charge in [0.05, 0.1) is 22.7 Å². The fourth-order valence-corrected chi connectivity index (χ4v) is 4.30. The van der Waals surface area contributed by atoms with Crippen LogP contribution in [0, 0.1) is 11.3 Å². The summed E-state index contributed by atoms with van der Waals surface area (Å²) in [4.78, 5) is 32.2. The minimum absolute atomic E-state index is 0.324. The molecule has 146 valence electrons. The number of rotatable bonds is 3. The maximum atomic E-state index is 13.4. The van der Waals surface area contributed by atoms with Gasteiger partial charge in [0.2, 0.25) is 5.91 Å². The Morgan fingerprint density at radius 3 is 2.48 bits per heavy atom. The van der Waals surface area contributed by atoms with Gasteiger partial charge in [0.15, 0.2) is 0 Å². The first-order valence-corrected chi connectivity index (χ1v) is 10.1. The average molecular weight is 406 g/mol. The van der Waals surface area contributed by atoms with Crippen LogP contribution in [0.2, 0.25) is 5.02 Å². The van der Waals surface area contributed by atoms with Crippen LogP contribution in [0.3, 0.4) is 0 Å². The number of halogens is 1. The second-order valence-electron chi connectivity index (χ2n) is 7.48. The van der Waals surface area contributed by atoms with E-state index in [1.807, 2.05) is 0 Å². The molecule has 0 N–H and O–H groups in total. The van der Waals surface area contributed by atoms with E-state index in [1.54, 1.807) is 54.7 Å². The maximum Gasteiger partial charge on any atom is 0.265 e. The van der Waals surface area contributed by atoms with Gasteiger partial charge in [0.25, 0.3) is 5.91 Å². The third-order valence-corrected chi connectivity index (χ3v) is 5.99. The number of anilines is 1. The molecule has 2 amide bonds. The topological polar surface area (TPSA) is 73.5 Å². The van der Waals surface area contributed by atoms with Gasteiger partial charge in [0.1, 0.15) is 5.54 Å². The molecule has 0 bridgehead atoms. The number of nitriles is 1. The van der Waals surface area contributed by atoms with Crippen molar-refractivity contribution in [3.05, 3.63) is 64.7 Å². The van der Waals surface area contributed by atoms with E-state index in [2.05, 4.69) is 11.1 Å². The molecule has 29 heavy (non-hydrogen) atoms. The summed E-state index contributed by atoms with van der Waals surface area (Å²) < 4.78 is 0. The summed E-state index contributed by atoms with van der Waals surface area (Å²) in [5.74, 6) is -1.56. The van der Waals surface area contributed by atoms with E-state index in [1.165, 1.54) is 0 Å². The number of hydrogen-bond donors (Lipinski definition) is 0. The number of para-hydroxylation sites is 1. The van der Waals surface area contributed by atoms with Crippen molar-refractivity contribution in [2.45, 2.75) is 43.6 Å². The van der Waals surface area contributed by atoms with Gasteiger partial charge < -0.3 is 0 Å². The molecule has 1 aliphatic carbocycles. The first-order chi connectivity index (χ1) is 14.1. The van der Waals surface area contributed by atoms with Crippen molar-refractivity contribution in [3.8, 4) is 6.07 Å². The number of nitrogens with zero attached hydrogens (tertiary/aromatic N) is 3. The Labute approximate surface area is 174 Å². The van der Waals surface area contributed by atoms with E-state index in [4.69, 9.17) is 11.6 Å². The highest BCUT2D eigenvalue weighted by Crippen LogP contribution is 2.36. The molecule has 0 spiro atoms. The monoisotopic (exact) mass is 405 g/mol. The van der Waals surface area contributed by atoms with Crippen LogP contribution < -0.4 is 4.90 Å². The number of aliphatic imine (C=N–C) groups is 1. The summed E-state index contributed by atoms with van der Waals surface area (Å²) in [6.07, 6.45) is 5.94. The van der Waals surface area contributed by atoms with E-state index >= 15 is 0 Å². The largest absolute Gasteiger partial charge is 0.275 e. The Hall–Kier alpha value is -2.97. The Kier molecular flexibility index (Phi) is 5.21. The molecule has 0 aromatic heterocycles. The zero-order valence-electron chi connectivity index (χ0n) is 15.8. The molecule has 1 aliphatic heterocycles. The van der Waals surface area contributed by atoms with Crippen LogP contribution in [0.5, 0.6) is 0 Å². The molecular weight excluding hydrogens is 386 g/mol. The summed E-state index contributed by atoms with van der Waals surface area (Å²) in [6.45, 7) is 0. The van der Waals surface area contributed by atoms with Crippen LogP contribution in [0.4, 0.5) is 5.69 Å². The lowest BCUT2D eigenvalue weighted by Crippen LogP contribution is -2.46. The number of benzene rings is 2. The van der Waals surface area contributed by atoms with Crippen molar-refractivity contribution < 1.29 is 9.59 Å². The zero-order chi connectivity index (χ0) is 20.4. The maximum absolute atomic E-state index is 13.4. The van der Waals surface area contributed by atoms with Gasteiger partial charge in [-0.1, -0.05) is 48.4 Å². The van der Waals surface area contributed by atoms with E-state index in [0.717, 1.165) is 24.2 Å². The normalized spacial score (nSPS) is 21.1. The van der Waals surface area contributed by atoms with Gasteiger partial charge >= 0.3 is 0 Å². The average Bonchev–Trinajstić information content (AvgIpc) is 2.76. The molecule has 0 radical (unpaired) electrons. The van der Waals surface area contributed by atoms with Gasteiger partial charge in [0, 0.05) is 11.8 Å². The SMILES string of the molecule is N#CC1(N=C[C@H]2C(=O)N(c3ccccc3Cl)C(=O)c3ccccc32)CCCCC1. The molecule has 2 aromatic rings. The molecule has 0 saturated heterocycles. The van der Waals surface area contributed by atoms with Crippen LogP contribution in [0.25, 0.3) is 0 Å². The first-order valence-electron chi connectivity index (χ1n) is 9.75. The van der Waals surface area contributed by atoms with Crippen LogP contribution in [-0.4, -0.2) is 23.6 Å². The Morgan fingerprint density at radius 1 is 1.07 bits per heavy atom. The lowest BCUT2D eigenvalue weighted by Gasteiger charge is -2.32. The molecule has 6 heteroatoms. The lowest BCUT2D eigenvalue weighted by molar-refractivity contribution is -0.118. The zero-order valence-corrected chi connectivity index (χ0v) is 16.6. The highest BCUT2D eigenvalue weighted by atomic mass is 35.5. The van der Waals surface area contributed by atoms with Gasteiger partial charge in [-0.15, -0.1) is 0 Å². The molecule has 5 nitrogen and oxygen atoms in total. The third kappa shape index (κ3) is 3.45. The number of imide groups is 1. The van der Waals surface area contributed by atoms with Crippen LogP contribution in [0.15, 0.2) is 53.5 Å². The fraction of sp³-hybridized carbons (Fsp3) is 0.304. The number of carbonyl (C=O) groups excluding carboxylic acids is 2. The number of amides is 2. The Balaban J connectivity index is 1.79. The molecule has 2 aliphatic rings. The van der Waals surface area contributed by atoms with Gasteiger partial charge in [-0.25, -0.2) is 4.90 Å². The van der Waals surface area contributed by atoms with Crippen LogP contribution in [-0.2, 0) is 4.79 Å². The van der Waals surface area contributed by atoms with E-state index < -0.39 is 23.3 Å². The van der Waals surface area contributed by atoms with E-state index in [-0.39, 0.29) is 0 Å². The van der Waals surface area contributed by atoms with Crippen LogP contribution in [0.1, 0.15) is 53.9 Å². The molecule has 1 atom stereocenters. The van der Waals surface area contributed by atoms with Gasteiger partial charge in [-0.3, -0.25) is 14.6 Å². The lowest BCUT2D eigenvalue weighted by atomic mass is 9.83. The van der Waals surface area contributed by atoms with E-state index in [0.29, 0.717) is 34.7 Å². The second-order valence-corrected chi connectivity index (χ2v) is 7.88. The smallest absolute Gasteiger partial charge is 0.265 e.